The van der Waals surface area contributed by atoms with Crippen LogP contribution >= 0.6 is 0 Å². The lowest BCUT2D eigenvalue weighted by molar-refractivity contribution is -0.384. The van der Waals surface area contributed by atoms with E-state index in [-0.39, 0.29) is 22.7 Å². The van der Waals surface area contributed by atoms with Crippen molar-refractivity contribution in [1.29, 1.82) is 5.26 Å². The topological polar surface area (TPSA) is 152 Å². The van der Waals surface area contributed by atoms with Crippen LogP contribution in [0.1, 0.15) is 5.56 Å². The van der Waals surface area contributed by atoms with Crippen LogP contribution in [0.15, 0.2) is 48.0 Å². The van der Waals surface area contributed by atoms with Crippen molar-refractivity contribution >= 4 is 29.3 Å². The number of rotatable bonds is 8. The highest BCUT2D eigenvalue weighted by molar-refractivity contribution is 6.10. The van der Waals surface area contributed by atoms with Crippen LogP contribution in [0.5, 0.6) is 11.5 Å². The molecule has 2 aromatic carbocycles. The highest BCUT2D eigenvalue weighted by atomic mass is 16.6. The Hall–Kier alpha value is -4.39. The average molecular weight is 397 g/mol. The number of ether oxygens (including phenoxy) is 2. The minimum atomic E-state index is -1.12. The van der Waals surface area contributed by atoms with Gasteiger partial charge in [-0.05, 0) is 35.9 Å². The monoisotopic (exact) mass is 397 g/mol. The summed E-state index contributed by atoms with van der Waals surface area (Å²) in [5, 5.41) is 31.4. The van der Waals surface area contributed by atoms with Gasteiger partial charge in [-0.25, -0.2) is 4.79 Å². The highest BCUT2D eigenvalue weighted by Gasteiger charge is 2.19. The van der Waals surface area contributed by atoms with Gasteiger partial charge in [0.05, 0.1) is 18.1 Å². The molecule has 10 heteroatoms. The summed E-state index contributed by atoms with van der Waals surface area (Å²) >= 11 is 0. The molecule has 0 unspecified atom stereocenters. The summed E-state index contributed by atoms with van der Waals surface area (Å²) < 4.78 is 9.93. The van der Waals surface area contributed by atoms with Crippen molar-refractivity contribution in [1.82, 2.24) is 0 Å². The van der Waals surface area contributed by atoms with Gasteiger partial charge in [0, 0.05) is 0 Å². The molecule has 0 saturated heterocycles. The molecule has 0 heterocycles. The number of anilines is 1. The van der Waals surface area contributed by atoms with Crippen molar-refractivity contribution in [3.8, 4) is 17.6 Å². The van der Waals surface area contributed by atoms with Crippen molar-refractivity contribution in [3.05, 3.63) is 63.7 Å². The van der Waals surface area contributed by atoms with E-state index in [0.29, 0.717) is 11.3 Å². The number of nitro groups is 1. The van der Waals surface area contributed by atoms with Gasteiger partial charge in [0.25, 0.3) is 11.6 Å². The molecule has 0 atom stereocenters. The third kappa shape index (κ3) is 5.80. The maximum atomic E-state index is 12.4. The van der Waals surface area contributed by atoms with E-state index in [1.165, 1.54) is 49.6 Å². The summed E-state index contributed by atoms with van der Waals surface area (Å²) in [5.41, 5.74) is -0.271. The van der Waals surface area contributed by atoms with E-state index in [0.717, 1.165) is 6.07 Å². The number of nitro benzene ring substituents is 1. The van der Waals surface area contributed by atoms with Crippen molar-refractivity contribution in [2.75, 3.05) is 19.0 Å². The molecule has 0 radical (unpaired) electrons. The minimum Gasteiger partial charge on any atom is -0.496 e. The Balaban J connectivity index is 2.20. The Bertz CT molecular complexity index is 1010. The summed E-state index contributed by atoms with van der Waals surface area (Å²) in [7, 11) is 1.35. The number of carboxylic acids is 1. The van der Waals surface area contributed by atoms with E-state index in [9.17, 15) is 25.0 Å². The van der Waals surface area contributed by atoms with Crippen molar-refractivity contribution in [3.63, 3.8) is 0 Å². The summed E-state index contributed by atoms with van der Waals surface area (Å²) in [6.45, 7) is -0.498. The van der Waals surface area contributed by atoms with Gasteiger partial charge in [0.1, 0.15) is 28.8 Å². The second kappa shape index (κ2) is 9.52. The molecular weight excluding hydrogens is 382 g/mol. The van der Waals surface area contributed by atoms with Crippen molar-refractivity contribution < 1.29 is 29.1 Å². The lowest BCUT2D eigenvalue weighted by Gasteiger charge is -2.07. The molecule has 2 N–H and O–H groups in total. The number of nitrogens with one attached hydrogen (secondary N) is 1. The number of benzene rings is 2. The molecule has 0 aliphatic carbocycles. The number of amides is 1. The van der Waals surface area contributed by atoms with E-state index < -0.39 is 23.4 Å². The van der Waals surface area contributed by atoms with E-state index in [1.807, 2.05) is 0 Å². The fourth-order valence-corrected chi connectivity index (χ4v) is 2.21. The smallest absolute Gasteiger partial charge is 0.341 e. The van der Waals surface area contributed by atoms with Crippen LogP contribution in [0.25, 0.3) is 6.08 Å². The second-order valence-corrected chi connectivity index (χ2v) is 5.52. The maximum Gasteiger partial charge on any atom is 0.341 e. The van der Waals surface area contributed by atoms with Gasteiger partial charge in [-0.2, -0.15) is 5.26 Å². The Kier molecular flexibility index (Phi) is 6.86. The van der Waals surface area contributed by atoms with Crippen LogP contribution in [0.3, 0.4) is 0 Å². The van der Waals surface area contributed by atoms with Gasteiger partial charge in [-0.1, -0.05) is 12.1 Å². The third-order valence-electron chi connectivity index (χ3n) is 3.57. The fourth-order valence-electron chi connectivity index (χ4n) is 2.21. The minimum absolute atomic E-state index is 0.0839. The number of carbonyl (C=O) groups is 2. The maximum absolute atomic E-state index is 12.4. The number of nitrogens with zero attached hydrogens (tertiary/aromatic N) is 2. The number of hydrogen-bond donors (Lipinski definition) is 2. The molecule has 29 heavy (non-hydrogen) atoms. The van der Waals surface area contributed by atoms with Gasteiger partial charge < -0.3 is 19.9 Å². The van der Waals surface area contributed by atoms with E-state index >= 15 is 0 Å². The predicted molar refractivity (Wildman–Crippen MR) is 101 cm³/mol. The lowest BCUT2D eigenvalue weighted by atomic mass is 10.1. The predicted octanol–water partition coefficient (Wildman–Crippen LogP) is 2.61. The molecule has 0 aromatic heterocycles. The summed E-state index contributed by atoms with van der Waals surface area (Å²) in [4.78, 5) is 33.4. The molecule has 0 bridgehead atoms. The number of carbonyl (C=O) groups excluding carboxylic acids is 1. The number of nitriles is 1. The quantitative estimate of drug-likeness (QED) is 0.298. The largest absolute Gasteiger partial charge is 0.496 e. The Morgan fingerprint density at radius 2 is 1.90 bits per heavy atom. The van der Waals surface area contributed by atoms with Gasteiger partial charge in [-0.15, -0.1) is 0 Å². The van der Waals surface area contributed by atoms with Crippen LogP contribution in [0, 0.1) is 21.4 Å². The molecule has 0 fully saturated rings. The van der Waals surface area contributed by atoms with Crippen LogP contribution in [0.4, 0.5) is 11.4 Å². The molecule has 0 saturated carbocycles. The van der Waals surface area contributed by atoms with Gasteiger partial charge in [-0.3, -0.25) is 14.9 Å². The molecule has 0 spiro atoms. The summed E-state index contributed by atoms with van der Waals surface area (Å²) in [6, 6.07) is 11.7. The van der Waals surface area contributed by atoms with Crippen molar-refractivity contribution in [2.24, 2.45) is 0 Å². The van der Waals surface area contributed by atoms with Crippen molar-refractivity contribution in [2.45, 2.75) is 0 Å². The first-order valence-electron chi connectivity index (χ1n) is 8.04. The zero-order valence-electron chi connectivity index (χ0n) is 15.1. The normalized spacial score (nSPS) is 10.6. The fraction of sp³-hybridized carbons (Fsp3) is 0.105. The Labute approximate surface area is 164 Å². The second-order valence-electron chi connectivity index (χ2n) is 5.52. The molecule has 148 valence electrons. The van der Waals surface area contributed by atoms with Gasteiger partial charge in [0.15, 0.2) is 6.61 Å². The molecule has 0 aliphatic heterocycles. The number of carboxylic acid groups (broad SMARTS) is 1. The molecule has 2 rings (SSSR count). The van der Waals surface area contributed by atoms with Gasteiger partial charge >= 0.3 is 5.97 Å². The Morgan fingerprint density at radius 3 is 2.45 bits per heavy atom. The SMILES string of the molecule is COc1ccc(NC(=O)/C(C#N)=C\c2ccc(OCC(=O)O)cc2)c([N+](=O)[O-])c1. The lowest BCUT2D eigenvalue weighted by Crippen LogP contribution is -2.14. The number of hydrogen-bond acceptors (Lipinski definition) is 7. The van der Waals surface area contributed by atoms with E-state index in [2.05, 4.69) is 5.32 Å². The number of aliphatic carboxylic acids is 1. The average Bonchev–Trinajstić information content (AvgIpc) is 2.71. The van der Waals surface area contributed by atoms with Crippen LogP contribution in [-0.2, 0) is 9.59 Å². The first-order valence-corrected chi connectivity index (χ1v) is 8.04. The summed E-state index contributed by atoms with van der Waals surface area (Å²) in [6.07, 6.45) is 1.28. The van der Waals surface area contributed by atoms with Crippen LogP contribution < -0.4 is 14.8 Å². The van der Waals surface area contributed by atoms with Crippen LogP contribution in [0.2, 0.25) is 0 Å². The first-order chi connectivity index (χ1) is 13.8. The first kappa shape index (κ1) is 20.9. The molecule has 1 amide bonds. The highest BCUT2D eigenvalue weighted by Crippen LogP contribution is 2.29. The zero-order chi connectivity index (χ0) is 21.4. The zero-order valence-corrected chi connectivity index (χ0v) is 15.1. The Morgan fingerprint density at radius 1 is 1.24 bits per heavy atom. The molecule has 0 aliphatic rings. The van der Waals surface area contributed by atoms with E-state index in [4.69, 9.17) is 14.6 Å². The standard InChI is InChI=1S/C19H15N3O7/c1-28-15-6-7-16(17(9-15)22(26)27)21-19(25)13(10-20)8-12-2-4-14(5-3-12)29-11-18(23)24/h2-9H,11H2,1H3,(H,21,25)(H,23,24)/b13-8-. The molecular formula is C19H15N3O7. The summed E-state index contributed by atoms with van der Waals surface area (Å²) in [5.74, 6) is -1.39. The van der Waals surface area contributed by atoms with Gasteiger partial charge in [0.2, 0.25) is 0 Å². The van der Waals surface area contributed by atoms with E-state index in [1.54, 1.807) is 6.07 Å². The molecule has 10 nitrogen and oxygen atoms in total. The number of methoxy groups -OCH3 is 1. The third-order valence-corrected chi connectivity index (χ3v) is 3.57. The van der Waals surface area contributed by atoms with Crippen LogP contribution in [-0.4, -0.2) is 35.6 Å². The molecule has 2 aromatic rings.